The number of aromatic amines is 1. The first kappa shape index (κ1) is 17.7. The second-order valence-electron chi connectivity index (χ2n) is 6.57. The third-order valence-electron chi connectivity index (χ3n) is 4.38. The van der Waals surface area contributed by atoms with Gasteiger partial charge in [0.15, 0.2) is 0 Å². The molecule has 6 nitrogen and oxygen atoms in total. The molecule has 2 aromatic carbocycles. The average molecular weight is 350 g/mol. The number of rotatable bonds is 7. The molecule has 6 heteroatoms. The molecule has 3 aromatic rings. The minimum atomic E-state index is -0.337. The molecule has 2 N–H and O–H groups in total. The van der Waals surface area contributed by atoms with Crippen molar-refractivity contribution in [2.75, 3.05) is 5.32 Å². The van der Waals surface area contributed by atoms with Crippen LogP contribution < -0.4 is 5.32 Å². The highest BCUT2D eigenvalue weighted by Gasteiger charge is 2.24. The molecule has 0 amide bonds. The number of nitrogens with one attached hydrogen (secondary N) is 2. The SMILES string of the molecule is CC(C)C(c1ccc(NCc2ccccc2)c([N+](=O)[O-])c1)c1ncc[nH]1. The van der Waals surface area contributed by atoms with Crippen LogP contribution in [0, 0.1) is 16.0 Å². The second kappa shape index (κ2) is 7.82. The fraction of sp³-hybridized carbons (Fsp3) is 0.250. The first-order valence-corrected chi connectivity index (χ1v) is 8.61. The van der Waals surface area contributed by atoms with E-state index in [-0.39, 0.29) is 22.4 Å². The molecule has 1 heterocycles. The molecule has 134 valence electrons. The predicted molar refractivity (Wildman–Crippen MR) is 102 cm³/mol. The maximum Gasteiger partial charge on any atom is 0.292 e. The molecule has 0 spiro atoms. The summed E-state index contributed by atoms with van der Waals surface area (Å²) in [6.07, 6.45) is 3.48. The van der Waals surface area contributed by atoms with Gasteiger partial charge in [0.25, 0.3) is 5.69 Å². The third kappa shape index (κ3) is 3.91. The van der Waals surface area contributed by atoms with Crippen LogP contribution in [0.5, 0.6) is 0 Å². The molecule has 0 saturated heterocycles. The molecule has 0 bridgehead atoms. The van der Waals surface area contributed by atoms with Crippen molar-refractivity contribution >= 4 is 11.4 Å². The summed E-state index contributed by atoms with van der Waals surface area (Å²) in [4.78, 5) is 18.7. The summed E-state index contributed by atoms with van der Waals surface area (Å²) in [6.45, 7) is 4.70. The van der Waals surface area contributed by atoms with Crippen LogP contribution >= 0.6 is 0 Å². The molecule has 0 radical (unpaired) electrons. The zero-order valence-corrected chi connectivity index (χ0v) is 14.8. The van der Waals surface area contributed by atoms with E-state index in [0.29, 0.717) is 12.2 Å². The van der Waals surface area contributed by atoms with Crippen LogP contribution in [-0.2, 0) is 6.54 Å². The molecule has 0 aliphatic rings. The van der Waals surface area contributed by atoms with Gasteiger partial charge in [0, 0.05) is 30.9 Å². The van der Waals surface area contributed by atoms with E-state index >= 15 is 0 Å². The Kier molecular flexibility index (Phi) is 5.31. The molecule has 0 saturated carbocycles. The van der Waals surface area contributed by atoms with Gasteiger partial charge in [-0.3, -0.25) is 10.1 Å². The van der Waals surface area contributed by atoms with E-state index < -0.39 is 0 Å². The molecular formula is C20H22N4O2. The molecule has 1 aromatic heterocycles. The summed E-state index contributed by atoms with van der Waals surface area (Å²) in [5.74, 6) is 1.05. The Balaban J connectivity index is 1.90. The first-order valence-electron chi connectivity index (χ1n) is 8.61. The number of nitro groups is 1. The first-order chi connectivity index (χ1) is 12.6. The van der Waals surface area contributed by atoms with E-state index in [4.69, 9.17) is 0 Å². The van der Waals surface area contributed by atoms with Gasteiger partial charge in [-0.1, -0.05) is 50.2 Å². The maximum absolute atomic E-state index is 11.6. The summed E-state index contributed by atoms with van der Waals surface area (Å²) >= 11 is 0. The molecule has 1 atom stereocenters. The van der Waals surface area contributed by atoms with Crippen molar-refractivity contribution in [1.82, 2.24) is 9.97 Å². The second-order valence-corrected chi connectivity index (χ2v) is 6.57. The monoisotopic (exact) mass is 350 g/mol. The molecule has 0 fully saturated rings. The van der Waals surface area contributed by atoms with E-state index in [2.05, 4.69) is 29.1 Å². The smallest absolute Gasteiger partial charge is 0.292 e. The number of hydrogen-bond acceptors (Lipinski definition) is 4. The normalized spacial score (nSPS) is 12.1. The summed E-state index contributed by atoms with van der Waals surface area (Å²) < 4.78 is 0. The van der Waals surface area contributed by atoms with Crippen molar-refractivity contribution in [3.8, 4) is 0 Å². The van der Waals surface area contributed by atoms with Gasteiger partial charge in [-0.2, -0.15) is 0 Å². The summed E-state index contributed by atoms with van der Waals surface area (Å²) in [5.41, 5.74) is 2.55. The van der Waals surface area contributed by atoms with Gasteiger partial charge in [0.2, 0.25) is 0 Å². The summed E-state index contributed by atoms with van der Waals surface area (Å²) in [6, 6.07) is 15.2. The number of aromatic nitrogens is 2. The zero-order valence-electron chi connectivity index (χ0n) is 14.8. The van der Waals surface area contributed by atoms with Gasteiger partial charge in [-0.15, -0.1) is 0 Å². The van der Waals surface area contributed by atoms with Gasteiger partial charge in [0.05, 0.1) is 4.92 Å². The molecule has 3 rings (SSSR count). The van der Waals surface area contributed by atoms with Crippen LogP contribution in [0.4, 0.5) is 11.4 Å². The number of H-pyrrole nitrogens is 1. The minimum absolute atomic E-state index is 0.0214. The van der Waals surface area contributed by atoms with E-state index in [1.54, 1.807) is 24.5 Å². The Hall–Kier alpha value is -3.15. The Bertz CT molecular complexity index is 861. The summed E-state index contributed by atoms with van der Waals surface area (Å²) in [5, 5.41) is 14.8. The predicted octanol–water partition coefficient (Wildman–Crippen LogP) is 4.72. The highest BCUT2D eigenvalue weighted by Crippen LogP contribution is 2.35. The van der Waals surface area contributed by atoms with Crippen molar-refractivity contribution in [2.45, 2.75) is 26.3 Å². The molecule has 0 aliphatic heterocycles. The van der Waals surface area contributed by atoms with Gasteiger partial charge in [-0.25, -0.2) is 4.98 Å². The van der Waals surface area contributed by atoms with E-state index in [9.17, 15) is 10.1 Å². The lowest BCUT2D eigenvalue weighted by Gasteiger charge is -2.20. The Morgan fingerprint density at radius 1 is 1.19 bits per heavy atom. The van der Waals surface area contributed by atoms with Gasteiger partial charge in [-0.05, 0) is 23.1 Å². The molecule has 26 heavy (non-hydrogen) atoms. The van der Waals surface area contributed by atoms with Crippen molar-refractivity contribution in [3.05, 3.63) is 88.0 Å². The van der Waals surface area contributed by atoms with Crippen LogP contribution in [0.25, 0.3) is 0 Å². The Morgan fingerprint density at radius 2 is 1.96 bits per heavy atom. The zero-order chi connectivity index (χ0) is 18.5. The lowest BCUT2D eigenvalue weighted by molar-refractivity contribution is -0.384. The standard InChI is InChI=1S/C20H22N4O2/c1-14(2)19(20-21-10-11-22-20)16-8-9-17(18(12-16)24(25)26)23-13-15-6-4-3-5-7-15/h3-12,14,19,23H,13H2,1-2H3,(H,21,22). The highest BCUT2D eigenvalue weighted by atomic mass is 16.6. The van der Waals surface area contributed by atoms with E-state index in [1.165, 1.54) is 0 Å². The van der Waals surface area contributed by atoms with Crippen LogP contribution in [-0.4, -0.2) is 14.9 Å². The highest BCUT2D eigenvalue weighted by molar-refractivity contribution is 5.63. The average Bonchev–Trinajstić information content (AvgIpc) is 3.15. The van der Waals surface area contributed by atoms with Crippen molar-refractivity contribution in [2.24, 2.45) is 5.92 Å². The van der Waals surface area contributed by atoms with Crippen LogP contribution in [0.3, 0.4) is 0 Å². The van der Waals surface area contributed by atoms with Crippen molar-refractivity contribution in [1.29, 1.82) is 0 Å². The number of nitrogens with zero attached hydrogens (tertiary/aromatic N) is 2. The van der Waals surface area contributed by atoms with Crippen LogP contribution in [0.1, 0.15) is 36.7 Å². The quantitative estimate of drug-likeness (QED) is 0.477. The molecule has 0 aliphatic carbocycles. The summed E-state index contributed by atoms with van der Waals surface area (Å²) in [7, 11) is 0. The van der Waals surface area contributed by atoms with Gasteiger partial charge in [0.1, 0.15) is 11.5 Å². The number of nitro benzene ring substituents is 1. The van der Waals surface area contributed by atoms with Crippen LogP contribution in [0.2, 0.25) is 0 Å². The van der Waals surface area contributed by atoms with Crippen LogP contribution in [0.15, 0.2) is 60.9 Å². The van der Waals surface area contributed by atoms with Crippen molar-refractivity contribution in [3.63, 3.8) is 0 Å². The van der Waals surface area contributed by atoms with Gasteiger partial charge < -0.3 is 10.3 Å². The van der Waals surface area contributed by atoms with E-state index in [0.717, 1.165) is 17.0 Å². The third-order valence-corrected chi connectivity index (χ3v) is 4.38. The minimum Gasteiger partial charge on any atom is -0.375 e. The Morgan fingerprint density at radius 3 is 2.58 bits per heavy atom. The largest absolute Gasteiger partial charge is 0.375 e. The fourth-order valence-electron chi connectivity index (χ4n) is 3.14. The van der Waals surface area contributed by atoms with Gasteiger partial charge >= 0.3 is 0 Å². The number of imidazole rings is 1. The number of benzene rings is 2. The molecule has 1 unspecified atom stereocenters. The lowest BCUT2D eigenvalue weighted by atomic mass is 9.87. The molecular weight excluding hydrogens is 328 g/mol. The van der Waals surface area contributed by atoms with Crippen molar-refractivity contribution < 1.29 is 4.92 Å². The lowest BCUT2D eigenvalue weighted by Crippen LogP contribution is -2.11. The maximum atomic E-state index is 11.6. The fourth-order valence-corrected chi connectivity index (χ4v) is 3.14. The number of anilines is 1. The van der Waals surface area contributed by atoms with E-state index in [1.807, 2.05) is 36.4 Å². The Labute approximate surface area is 152 Å². The number of hydrogen-bond donors (Lipinski definition) is 2. The topological polar surface area (TPSA) is 83.8 Å².